The Balaban J connectivity index is 2.27. The third kappa shape index (κ3) is 2.46. The first kappa shape index (κ1) is 9.01. The molecule has 1 fully saturated rings. The highest BCUT2D eigenvalue weighted by Crippen LogP contribution is 2.16. The number of nitrogens with one attached hydrogen (secondary N) is 1. The molecule has 1 aliphatic rings. The average Bonchev–Trinajstić information content (AvgIpc) is 2.05. The molecule has 2 N–H and O–H groups in total. The minimum Gasteiger partial charge on any atom is -0.392 e. The second kappa shape index (κ2) is 4.07. The van der Waals surface area contributed by atoms with Gasteiger partial charge in [0.05, 0.1) is 6.10 Å². The first-order valence-corrected chi connectivity index (χ1v) is 4.65. The Labute approximate surface area is 69.0 Å². The zero-order valence-corrected chi connectivity index (χ0v) is 7.51. The van der Waals surface area contributed by atoms with Crippen LogP contribution < -0.4 is 5.32 Å². The molecule has 1 heterocycles. The number of aliphatic hydroxyl groups excluding tert-OH is 1. The van der Waals surface area contributed by atoms with Crippen molar-refractivity contribution in [1.29, 1.82) is 0 Å². The molecule has 1 rings (SSSR count). The quantitative estimate of drug-likeness (QED) is 0.630. The van der Waals surface area contributed by atoms with Crippen molar-refractivity contribution in [1.82, 2.24) is 5.32 Å². The fraction of sp³-hybridized carbons (Fsp3) is 1.00. The van der Waals surface area contributed by atoms with Gasteiger partial charge in [-0.05, 0) is 31.7 Å². The maximum Gasteiger partial charge on any atom is 0.0690 e. The molecule has 11 heavy (non-hydrogen) atoms. The molecule has 0 amide bonds. The highest BCUT2D eigenvalue weighted by atomic mass is 16.3. The molecular weight excluding hydrogens is 138 g/mol. The van der Waals surface area contributed by atoms with E-state index in [9.17, 15) is 5.11 Å². The molecule has 0 aromatic heterocycles. The zero-order chi connectivity index (χ0) is 8.27. The summed E-state index contributed by atoms with van der Waals surface area (Å²) >= 11 is 0. The van der Waals surface area contributed by atoms with Gasteiger partial charge in [-0.25, -0.2) is 0 Å². The number of hydrogen-bond donors (Lipinski definition) is 2. The lowest BCUT2D eigenvalue weighted by atomic mass is 9.93. The van der Waals surface area contributed by atoms with Gasteiger partial charge in [-0.2, -0.15) is 0 Å². The van der Waals surface area contributed by atoms with Gasteiger partial charge in [0.1, 0.15) is 0 Å². The molecule has 0 saturated carbocycles. The summed E-state index contributed by atoms with van der Waals surface area (Å²) in [6, 6.07) is 0.358. The van der Waals surface area contributed by atoms with Crippen LogP contribution >= 0.6 is 0 Å². The SMILES string of the molecule is CCC(O)C1CCC(C)CN1. The van der Waals surface area contributed by atoms with Crippen LogP contribution in [0.25, 0.3) is 0 Å². The largest absolute Gasteiger partial charge is 0.392 e. The Morgan fingerprint density at radius 1 is 1.55 bits per heavy atom. The summed E-state index contributed by atoms with van der Waals surface area (Å²) in [6.45, 7) is 5.35. The van der Waals surface area contributed by atoms with E-state index >= 15 is 0 Å². The second-order valence-corrected chi connectivity index (χ2v) is 3.67. The van der Waals surface area contributed by atoms with E-state index in [0.717, 1.165) is 25.3 Å². The molecule has 1 saturated heterocycles. The van der Waals surface area contributed by atoms with Gasteiger partial charge in [0.25, 0.3) is 0 Å². The van der Waals surface area contributed by atoms with Gasteiger partial charge in [0.2, 0.25) is 0 Å². The van der Waals surface area contributed by atoms with Crippen molar-refractivity contribution < 1.29 is 5.11 Å². The van der Waals surface area contributed by atoms with Crippen LogP contribution in [-0.4, -0.2) is 23.8 Å². The Bertz CT molecular complexity index is 108. The highest BCUT2D eigenvalue weighted by Gasteiger charge is 2.22. The van der Waals surface area contributed by atoms with Gasteiger partial charge in [0.15, 0.2) is 0 Å². The van der Waals surface area contributed by atoms with Crippen molar-refractivity contribution in [2.45, 2.75) is 45.3 Å². The van der Waals surface area contributed by atoms with Crippen molar-refractivity contribution in [3.05, 3.63) is 0 Å². The van der Waals surface area contributed by atoms with E-state index in [2.05, 4.69) is 12.2 Å². The summed E-state index contributed by atoms with van der Waals surface area (Å²) in [5.74, 6) is 0.787. The third-order valence-corrected chi connectivity index (χ3v) is 2.58. The van der Waals surface area contributed by atoms with E-state index in [1.54, 1.807) is 0 Å². The topological polar surface area (TPSA) is 32.3 Å². The van der Waals surface area contributed by atoms with Crippen LogP contribution in [0, 0.1) is 5.92 Å². The van der Waals surface area contributed by atoms with Crippen molar-refractivity contribution in [2.75, 3.05) is 6.54 Å². The van der Waals surface area contributed by atoms with Crippen molar-refractivity contribution in [3.63, 3.8) is 0 Å². The van der Waals surface area contributed by atoms with Gasteiger partial charge in [0, 0.05) is 6.04 Å². The molecule has 0 radical (unpaired) electrons. The van der Waals surface area contributed by atoms with Crippen LogP contribution in [-0.2, 0) is 0 Å². The Morgan fingerprint density at radius 3 is 2.73 bits per heavy atom. The monoisotopic (exact) mass is 157 g/mol. The number of rotatable bonds is 2. The van der Waals surface area contributed by atoms with Crippen molar-refractivity contribution >= 4 is 0 Å². The smallest absolute Gasteiger partial charge is 0.0690 e. The van der Waals surface area contributed by atoms with Gasteiger partial charge >= 0.3 is 0 Å². The lowest BCUT2D eigenvalue weighted by molar-refractivity contribution is 0.101. The molecule has 0 aromatic rings. The molecular formula is C9H19NO. The standard InChI is InChI=1S/C9H19NO/c1-3-9(11)8-5-4-7(2)6-10-8/h7-11H,3-6H2,1-2H3. The predicted molar refractivity (Wildman–Crippen MR) is 46.5 cm³/mol. The predicted octanol–water partition coefficient (Wildman–Crippen LogP) is 1.15. The molecule has 0 bridgehead atoms. The first-order valence-electron chi connectivity index (χ1n) is 4.65. The fourth-order valence-corrected chi connectivity index (χ4v) is 1.63. The first-order chi connectivity index (χ1) is 5.24. The molecule has 3 unspecified atom stereocenters. The number of aliphatic hydroxyl groups is 1. The van der Waals surface area contributed by atoms with Crippen LogP contribution in [0.3, 0.4) is 0 Å². The lowest BCUT2D eigenvalue weighted by Gasteiger charge is -2.30. The Kier molecular flexibility index (Phi) is 3.34. The summed E-state index contributed by atoms with van der Waals surface area (Å²) in [5, 5.41) is 12.9. The number of hydrogen-bond acceptors (Lipinski definition) is 2. The van der Waals surface area contributed by atoms with Gasteiger partial charge in [-0.15, -0.1) is 0 Å². The molecule has 2 nitrogen and oxygen atoms in total. The van der Waals surface area contributed by atoms with Crippen LogP contribution in [0.15, 0.2) is 0 Å². The Morgan fingerprint density at radius 2 is 2.27 bits per heavy atom. The van der Waals surface area contributed by atoms with Crippen LogP contribution in [0.5, 0.6) is 0 Å². The summed E-state index contributed by atoms with van der Waals surface area (Å²) < 4.78 is 0. The fourth-order valence-electron chi connectivity index (χ4n) is 1.63. The summed E-state index contributed by atoms with van der Waals surface area (Å²) in [5.41, 5.74) is 0. The second-order valence-electron chi connectivity index (χ2n) is 3.67. The van der Waals surface area contributed by atoms with E-state index in [1.165, 1.54) is 6.42 Å². The highest BCUT2D eigenvalue weighted by molar-refractivity contribution is 4.80. The van der Waals surface area contributed by atoms with Crippen molar-refractivity contribution in [2.24, 2.45) is 5.92 Å². The minimum absolute atomic E-state index is 0.137. The van der Waals surface area contributed by atoms with E-state index in [0.29, 0.717) is 6.04 Å². The van der Waals surface area contributed by atoms with E-state index in [4.69, 9.17) is 0 Å². The van der Waals surface area contributed by atoms with Crippen LogP contribution in [0.4, 0.5) is 0 Å². The van der Waals surface area contributed by atoms with Gasteiger partial charge in [-0.3, -0.25) is 0 Å². The molecule has 0 aliphatic carbocycles. The summed E-state index contributed by atoms with van der Waals surface area (Å²) in [4.78, 5) is 0. The van der Waals surface area contributed by atoms with E-state index in [-0.39, 0.29) is 6.10 Å². The molecule has 2 heteroatoms. The summed E-state index contributed by atoms with van der Waals surface area (Å²) in [7, 11) is 0. The van der Waals surface area contributed by atoms with E-state index in [1.807, 2.05) is 6.92 Å². The molecule has 0 aromatic carbocycles. The average molecular weight is 157 g/mol. The van der Waals surface area contributed by atoms with Crippen molar-refractivity contribution in [3.8, 4) is 0 Å². The lowest BCUT2D eigenvalue weighted by Crippen LogP contribution is -2.45. The number of piperidine rings is 1. The minimum atomic E-state index is -0.137. The van der Waals surface area contributed by atoms with Gasteiger partial charge < -0.3 is 10.4 Å². The third-order valence-electron chi connectivity index (χ3n) is 2.58. The zero-order valence-electron chi connectivity index (χ0n) is 7.51. The van der Waals surface area contributed by atoms with Crippen LogP contribution in [0.1, 0.15) is 33.1 Å². The molecule has 0 spiro atoms. The molecule has 3 atom stereocenters. The normalized spacial score (nSPS) is 35.2. The van der Waals surface area contributed by atoms with E-state index < -0.39 is 0 Å². The maximum absolute atomic E-state index is 9.51. The summed E-state index contributed by atoms with van der Waals surface area (Å²) in [6.07, 6.45) is 3.12. The Hall–Kier alpha value is -0.0800. The van der Waals surface area contributed by atoms with Gasteiger partial charge in [-0.1, -0.05) is 13.8 Å². The van der Waals surface area contributed by atoms with Crippen LogP contribution in [0.2, 0.25) is 0 Å². The molecule has 66 valence electrons. The molecule has 1 aliphatic heterocycles. The maximum atomic E-state index is 9.51.